The van der Waals surface area contributed by atoms with E-state index in [1.165, 1.54) is 16.4 Å². The quantitative estimate of drug-likeness (QED) is 0.813. The number of rotatable bonds is 5. The SMILES string of the molecule is CS(=O)(=O)N1CCCC(C(=O)Nc2nn(Cc3ccc(F)cc3)cc2Cl)C1. The van der Waals surface area contributed by atoms with Crippen LogP contribution in [0, 0.1) is 11.7 Å². The van der Waals surface area contributed by atoms with Crippen molar-refractivity contribution in [2.45, 2.75) is 19.4 Å². The van der Waals surface area contributed by atoms with Crippen molar-refractivity contribution >= 4 is 33.3 Å². The van der Waals surface area contributed by atoms with Crippen LogP contribution in [0.4, 0.5) is 10.2 Å². The number of sulfonamides is 1. The monoisotopic (exact) mass is 414 g/mol. The maximum Gasteiger partial charge on any atom is 0.230 e. The molecule has 146 valence electrons. The van der Waals surface area contributed by atoms with Crippen LogP contribution in [0.25, 0.3) is 0 Å². The van der Waals surface area contributed by atoms with E-state index in [0.717, 1.165) is 11.8 Å². The fourth-order valence-electron chi connectivity index (χ4n) is 3.02. The maximum atomic E-state index is 13.0. The highest BCUT2D eigenvalue weighted by Crippen LogP contribution is 2.24. The third-order valence-corrected chi connectivity index (χ3v) is 5.99. The van der Waals surface area contributed by atoms with E-state index in [1.807, 2.05) is 0 Å². The number of aromatic nitrogens is 2. The number of piperidine rings is 1. The molecular formula is C17H20ClFN4O3S. The second-order valence-corrected chi connectivity index (χ2v) is 8.99. The van der Waals surface area contributed by atoms with Crippen LogP contribution in [0.5, 0.6) is 0 Å². The Bertz CT molecular complexity index is 930. The fraction of sp³-hybridized carbons (Fsp3) is 0.412. The van der Waals surface area contributed by atoms with Gasteiger partial charge in [0, 0.05) is 19.3 Å². The summed E-state index contributed by atoms with van der Waals surface area (Å²) in [5, 5.41) is 7.22. The topological polar surface area (TPSA) is 84.3 Å². The van der Waals surface area contributed by atoms with Gasteiger partial charge in [-0.25, -0.2) is 17.1 Å². The lowest BCUT2D eigenvalue weighted by Crippen LogP contribution is -2.43. The lowest BCUT2D eigenvalue weighted by atomic mass is 9.99. The third kappa shape index (κ3) is 5.06. The number of hydrogen-bond acceptors (Lipinski definition) is 4. The van der Waals surface area contributed by atoms with Gasteiger partial charge in [0.2, 0.25) is 15.9 Å². The number of halogens is 2. The molecule has 2 aromatic rings. The summed E-state index contributed by atoms with van der Waals surface area (Å²) in [4.78, 5) is 12.5. The molecule has 0 bridgehead atoms. The van der Waals surface area contributed by atoms with E-state index in [4.69, 9.17) is 11.6 Å². The molecule has 1 unspecified atom stereocenters. The molecule has 2 heterocycles. The molecule has 0 radical (unpaired) electrons. The minimum Gasteiger partial charge on any atom is -0.308 e. The van der Waals surface area contributed by atoms with E-state index in [0.29, 0.717) is 25.9 Å². The van der Waals surface area contributed by atoms with E-state index >= 15 is 0 Å². The van der Waals surface area contributed by atoms with E-state index in [2.05, 4.69) is 10.4 Å². The van der Waals surface area contributed by atoms with Gasteiger partial charge in [-0.2, -0.15) is 5.10 Å². The number of carbonyl (C=O) groups is 1. The second kappa shape index (κ2) is 7.95. The van der Waals surface area contributed by atoms with Gasteiger partial charge >= 0.3 is 0 Å². The Balaban J connectivity index is 1.66. The number of carbonyl (C=O) groups excluding carboxylic acids is 1. The molecule has 1 aliphatic rings. The van der Waals surface area contributed by atoms with Gasteiger partial charge in [-0.1, -0.05) is 23.7 Å². The summed E-state index contributed by atoms with van der Waals surface area (Å²) in [6, 6.07) is 6.01. The molecule has 0 spiro atoms. The summed E-state index contributed by atoms with van der Waals surface area (Å²) in [7, 11) is -3.33. The first-order valence-corrected chi connectivity index (χ1v) is 10.7. The molecule has 1 amide bonds. The van der Waals surface area contributed by atoms with Crippen LogP contribution in [0.15, 0.2) is 30.5 Å². The zero-order chi connectivity index (χ0) is 19.6. The van der Waals surface area contributed by atoms with Gasteiger partial charge in [0.05, 0.1) is 18.7 Å². The molecule has 27 heavy (non-hydrogen) atoms. The van der Waals surface area contributed by atoms with E-state index in [9.17, 15) is 17.6 Å². The molecule has 1 aromatic heterocycles. The molecular weight excluding hydrogens is 395 g/mol. The summed E-state index contributed by atoms with van der Waals surface area (Å²) in [5.74, 6) is -0.856. The van der Waals surface area contributed by atoms with Crippen LogP contribution < -0.4 is 5.32 Å². The lowest BCUT2D eigenvalue weighted by molar-refractivity contribution is -0.120. The molecule has 1 saturated heterocycles. The van der Waals surface area contributed by atoms with Gasteiger partial charge in [-0.3, -0.25) is 9.48 Å². The van der Waals surface area contributed by atoms with Crippen molar-refractivity contribution in [3.05, 3.63) is 46.9 Å². The summed E-state index contributed by atoms with van der Waals surface area (Å²) in [6.45, 7) is 0.954. The first-order chi connectivity index (χ1) is 12.7. The molecule has 1 atom stereocenters. The number of anilines is 1. The van der Waals surface area contributed by atoms with Crippen LogP contribution in [-0.2, 0) is 21.4 Å². The minimum atomic E-state index is -3.33. The van der Waals surface area contributed by atoms with Crippen LogP contribution >= 0.6 is 11.6 Å². The zero-order valence-electron chi connectivity index (χ0n) is 14.7. The van der Waals surface area contributed by atoms with Crippen molar-refractivity contribution in [3.63, 3.8) is 0 Å². The van der Waals surface area contributed by atoms with Crippen LogP contribution in [0.2, 0.25) is 5.02 Å². The Morgan fingerprint density at radius 2 is 2.07 bits per heavy atom. The molecule has 10 heteroatoms. The second-order valence-electron chi connectivity index (χ2n) is 6.60. The molecule has 1 N–H and O–H groups in total. The van der Waals surface area contributed by atoms with E-state index in [1.54, 1.807) is 23.0 Å². The van der Waals surface area contributed by atoms with Gasteiger partial charge in [0.1, 0.15) is 10.8 Å². The van der Waals surface area contributed by atoms with Crippen molar-refractivity contribution in [1.29, 1.82) is 0 Å². The minimum absolute atomic E-state index is 0.151. The highest BCUT2D eigenvalue weighted by atomic mass is 35.5. The fourth-order valence-corrected chi connectivity index (χ4v) is 4.13. The molecule has 1 aromatic carbocycles. The molecule has 1 fully saturated rings. The Hall–Kier alpha value is -1.97. The van der Waals surface area contributed by atoms with Crippen LogP contribution in [0.1, 0.15) is 18.4 Å². The van der Waals surface area contributed by atoms with Gasteiger partial charge < -0.3 is 5.32 Å². The van der Waals surface area contributed by atoms with Gasteiger partial charge in [-0.05, 0) is 30.5 Å². The molecule has 7 nitrogen and oxygen atoms in total. The highest BCUT2D eigenvalue weighted by Gasteiger charge is 2.30. The van der Waals surface area contributed by atoms with Gasteiger partial charge in [-0.15, -0.1) is 0 Å². The van der Waals surface area contributed by atoms with Crippen molar-refractivity contribution < 1.29 is 17.6 Å². The summed E-state index contributed by atoms with van der Waals surface area (Å²) < 4.78 is 39.2. The van der Waals surface area contributed by atoms with E-state index in [-0.39, 0.29) is 29.1 Å². The molecule has 3 rings (SSSR count). The van der Waals surface area contributed by atoms with Crippen molar-refractivity contribution in [2.75, 3.05) is 24.7 Å². The highest BCUT2D eigenvalue weighted by molar-refractivity contribution is 7.88. The van der Waals surface area contributed by atoms with Crippen LogP contribution in [0.3, 0.4) is 0 Å². The first kappa shape index (κ1) is 19.8. The average Bonchev–Trinajstić information content (AvgIpc) is 2.95. The molecule has 0 aliphatic carbocycles. The Kier molecular flexibility index (Phi) is 5.83. The summed E-state index contributed by atoms with van der Waals surface area (Å²) in [6.07, 6.45) is 3.94. The number of amides is 1. The largest absolute Gasteiger partial charge is 0.308 e. The zero-order valence-corrected chi connectivity index (χ0v) is 16.3. The predicted molar refractivity (Wildman–Crippen MR) is 101 cm³/mol. The number of nitrogens with one attached hydrogen (secondary N) is 1. The van der Waals surface area contributed by atoms with Crippen LogP contribution in [-0.4, -0.2) is 47.8 Å². The maximum absolute atomic E-state index is 13.0. The van der Waals surface area contributed by atoms with Gasteiger partial charge in [0.15, 0.2) is 5.82 Å². The Morgan fingerprint density at radius 1 is 1.37 bits per heavy atom. The number of benzene rings is 1. The number of nitrogens with zero attached hydrogens (tertiary/aromatic N) is 3. The summed E-state index contributed by atoms with van der Waals surface area (Å²) >= 11 is 6.16. The normalized spacial score (nSPS) is 18.4. The molecule has 1 aliphatic heterocycles. The van der Waals surface area contributed by atoms with Crippen molar-refractivity contribution in [3.8, 4) is 0 Å². The Morgan fingerprint density at radius 3 is 2.74 bits per heavy atom. The average molecular weight is 415 g/mol. The lowest BCUT2D eigenvalue weighted by Gasteiger charge is -2.29. The number of hydrogen-bond donors (Lipinski definition) is 1. The predicted octanol–water partition coefficient (Wildman–Crippen LogP) is 2.33. The summed E-state index contributed by atoms with van der Waals surface area (Å²) in [5.41, 5.74) is 0.838. The van der Waals surface area contributed by atoms with Gasteiger partial charge in [0.25, 0.3) is 0 Å². The Labute approximate surface area is 162 Å². The molecule has 0 saturated carbocycles. The van der Waals surface area contributed by atoms with E-state index < -0.39 is 15.9 Å². The van der Waals surface area contributed by atoms with Crippen molar-refractivity contribution in [1.82, 2.24) is 14.1 Å². The standard InChI is InChI=1S/C17H20ClFN4O3S/c1-27(25,26)23-8-2-3-13(10-23)17(24)20-16-15(18)11-22(21-16)9-12-4-6-14(19)7-5-12/h4-7,11,13H,2-3,8-10H2,1H3,(H,20,21,24). The first-order valence-electron chi connectivity index (χ1n) is 8.46. The smallest absolute Gasteiger partial charge is 0.230 e. The van der Waals surface area contributed by atoms with Crippen molar-refractivity contribution in [2.24, 2.45) is 5.92 Å². The third-order valence-electron chi connectivity index (χ3n) is 4.44.